The molecule has 0 aromatic heterocycles. The molecule has 0 atom stereocenters. The van der Waals surface area contributed by atoms with Gasteiger partial charge in [-0.05, 0) is 49.2 Å². The Kier molecular flexibility index (Phi) is 7.19. The maximum absolute atomic E-state index is 12.4. The van der Waals surface area contributed by atoms with Crippen LogP contribution in [0.5, 0.6) is 5.75 Å². The molecule has 7 heteroatoms. The molecule has 0 spiro atoms. The van der Waals surface area contributed by atoms with Gasteiger partial charge in [0, 0.05) is 13.1 Å². The second-order valence-electron chi connectivity index (χ2n) is 6.84. The highest BCUT2D eigenvalue weighted by Gasteiger charge is 2.12. The van der Waals surface area contributed by atoms with E-state index in [-0.39, 0.29) is 11.4 Å². The number of nitrogens with zero attached hydrogens (tertiary/aromatic N) is 1. The van der Waals surface area contributed by atoms with Crippen molar-refractivity contribution < 1.29 is 18.3 Å². The van der Waals surface area contributed by atoms with E-state index in [0.717, 1.165) is 25.2 Å². The average molecular weight is 389 g/mol. The largest absolute Gasteiger partial charge is 0.433 e. The summed E-state index contributed by atoms with van der Waals surface area (Å²) >= 11 is 0. The van der Waals surface area contributed by atoms with E-state index in [0.29, 0.717) is 6.54 Å². The molecular formula is C21H25F2N3O2. The minimum absolute atomic E-state index is 0.0743. The number of amides is 2. The van der Waals surface area contributed by atoms with Crippen molar-refractivity contribution in [1.82, 2.24) is 10.2 Å². The zero-order chi connectivity index (χ0) is 19.8. The van der Waals surface area contributed by atoms with Gasteiger partial charge in [0.05, 0.1) is 5.69 Å². The van der Waals surface area contributed by atoms with Crippen LogP contribution >= 0.6 is 0 Å². The first-order chi connectivity index (χ1) is 13.6. The van der Waals surface area contributed by atoms with Crippen LogP contribution in [0.15, 0.2) is 48.5 Å². The number of hydrogen-bond donors (Lipinski definition) is 2. The van der Waals surface area contributed by atoms with Crippen molar-refractivity contribution in [2.45, 2.75) is 39.0 Å². The number of alkyl halides is 2. The molecule has 0 saturated carbocycles. The predicted molar refractivity (Wildman–Crippen MR) is 105 cm³/mol. The summed E-state index contributed by atoms with van der Waals surface area (Å²) < 4.78 is 29.3. The third-order valence-corrected chi connectivity index (χ3v) is 4.68. The molecule has 1 aliphatic rings. The smallest absolute Gasteiger partial charge is 0.387 e. The van der Waals surface area contributed by atoms with Crippen molar-refractivity contribution in [2.75, 3.05) is 18.4 Å². The fourth-order valence-electron chi connectivity index (χ4n) is 3.26. The first-order valence-electron chi connectivity index (χ1n) is 9.49. The molecule has 5 nitrogen and oxygen atoms in total. The summed E-state index contributed by atoms with van der Waals surface area (Å²) in [5, 5.41) is 5.26. The lowest BCUT2D eigenvalue weighted by Crippen LogP contribution is -2.29. The van der Waals surface area contributed by atoms with Gasteiger partial charge in [-0.15, -0.1) is 0 Å². The van der Waals surface area contributed by atoms with Crippen LogP contribution < -0.4 is 15.4 Å². The number of rotatable bonds is 7. The van der Waals surface area contributed by atoms with E-state index in [1.165, 1.54) is 37.0 Å². The van der Waals surface area contributed by atoms with Crippen molar-refractivity contribution in [3.8, 4) is 5.75 Å². The van der Waals surface area contributed by atoms with E-state index in [2.05, 4.69) is 32.4 Å². The normalized spacial score (nSPS) is 14.7. The van der Waals surface area contributed by atoms with Gasteiger partial charge in [-0.1, -0.05) is 42.8 Å². The molecule has 3 rings (SSSR count). The lowest BCUT2D eigenvalue weighted by atomic mass is 10.1. The van der Waals surface area contributed by atoms with Crippen LogP contribution in [0.4, 0.5) is 19.3 Å². The monoisotopic (exact) mass is 389 g/mol. The molecule has 28 heavy (non-hydrogen) atoms. The average Bonchev–Trinajstić information content (AvgIpc) is 2.69. The number of piperidine rings is 1. The predicted octanol–water partition coefficient (Wildman–Crippen LogP) is 4.60. The van der Waals surface area contributed by atoms with Crippen LogP contribution in [0.2, 0.25) is 0 Å². The Morgan fingerprint density at radius 2 is 1.68 bits per heavy atom. The van der Waals surface area contributed by atoms with Crippen LogP contribution in [0.25, 0.3) is 0 Å². The molecule has 1 saturated heterocycles. The van der Waals surface area contributed by atoms with Crippen molar-refractivity contribution in [3.05, 3.63) is 59.7 Å². The number of hydrogen-bond acceptors (Lipinski definition) is 3. The second kappa shape index (κ2) is 10.0. The molecule has 2 aromatic carbocycles. The molecule has 1 aliphatic heterocycles. The van der Waals surface area contributed by atoms with Crippen molar-refractivity contribution >= 4 is 11.7 Å². The third-order valence-electron chi connectivity index (χ3n) is 4.68. The highest BCUT2D eigenvalue weighted by Crippen LogP contribution is 2.25. The van der Waals surface area contributed by atoms with E-state index in [1.54, 1.807) is 12.1 Å². The molecule has 2 N–H and O–H groups in total. The van der Waals surface area contributed by atoms with Crippen LogP contribution in [-0.4, -0.2) is 30.6 Å². The highest BCUT2D eigenvalue weighted by atomic mass is 19.3. The summed E-state index contributed by atoms with van der Waals surface area (Å²) in [6, 6.07) is 13.7. The SMILES string of the molecule is O=C(NCc1ccc(CN2CCCCC2)cc1)Nc1ccccc1OC(F)F. The van der Waals surface area contributed by atoms with E-state index in [9.17, 15) is 13.6 Å². The summed E-state index contributed by atoms with van der Waals surface area (Å²) in [6.07, 6.45) is 3.85. The highest BCUT2D eigenvalue weighted by molar-refractivity contribution is 5.90. The maximum atomic E-state index is 12.4. The molecule has 1 heterocycles. The summed E-state index contributed by atoms with van der Waals surface area (Å²) in [7, 11) is 0. The summed E-state index contributed by atoms with van der Waals surface area (Å²) in [5.41, 5.74) is 2.42. The minimum atomic E-state index is -2.95. The Hall–Kier alpha value is -2.67. The van der Waals surface area contributed by atoms with Crippen molar-refractivity contribution in [2.24, 2.45) is 0 Å². The fraction of sp³-hybridized carbons (Fsp3) is 0.381. The number of benzene rings is 2. The number of ether oxygens (including phenoxy) is 1. The lowest BCUT2D eigenvalue weighted by Gasteiger charge is -2.26. The van der Waals surface area contributed by atoms with Gasteiger partial charge in [0.25, 0.3) is 0 Å². The van der Waals surface area contributed by atoms with Gasteiger partial charge in [-0.3, -0.25) is 4.90 Å². The molecule has 0 bridgehead atoms. The van der Waals surface area contributed by atoms with Crippen molar-refractivity contribution in [3.63, 3.8) is 0 Å². The maximum Gasteiger partial charge on any atom is 0.387 e. The molecule has 0 radical (unpaired) electrons. The summed E-state index contributed by atoms with van der Waals surface area (Å²) in [4.78, 5) is 14.5. The molecule has 150 valence electrons. The Bertz CT molecular complexity index is 763. The molecular weight excluding hydrogens is 364 g/mol. The lowest BCUT2D eigenvalue weighted by molar-refractivity contribution is -0.0493. The number of anilines is 1. The van der Waals surface area contributed by atoms with E-state index in [4.69, 9.17) is 0 Å². The molecule has 1 fully saturated rings. The van der Waals surface area contributed by atoms with Gasteiger partial charge < -0.3 is 15.4 Å². The summed E-state index contributed by atoms with van der Waals surface area (Å²) in [5.74, 6) is -0.0743. The number of carbonyl (C=O) groups is 1. The quantitative estimate of drug-likeness (QED) is 0.728. The number of nitrogens with one attached hydrogen (secondary N) is 2. The molecule has 0 aliphatic carbocycles. The Morgan fingerprint density at radius 1 is 1.00 bits per heavy atom. The van der Waals surface area contributed by atoms with Crippen molar-refractivity contribution in [1.29, 1.82) is 0 Å². The van der Waals surface area contributed by atoms with Crippen LogP contribution in [0.3, 0.4) is 0 Å². The van der Waals surface area contributed by atoms with Gasteiger partial charge in [0.2, 0.25) is 0 Å². The Labute approximate surface area is 163 Å². The third kappa shape index (κ3) is 6.20. The molecule has 2 amide bonds. The van der Waals surface area contributed by atoms with E-state index < -0.39 is 12.6 Å². The van der Waals surface area contributed by atoms with Gasteiger partial charge in [0.1, 0.15) is 5.75 Å². The number of para-hydroxylation sites is 2. The number of carbonyl (C=O) groups excluding carboxylic acids is 1. The first-order valence-corrected chi connectivity index (χ1v) is 9.49. The Balaban J connectivity index is 1.48. The molecule has 2 aromatic rings. The van der Waals surface area contributed by atoms with E-state index in [1.807, 2.05) is 12.1 Å². The Morgan fingerprint density at radius 3 is 2.39 bits per heavy atom. The van der Waals surface area contributed by atoms with Gasteiger partial charge >= 0.3 is 12.6 Å². The second-order valence-corrected chi connectivity index (χ2v) is 6.84. The first kappa shape index (κ1) is 20.1. The summed E-state index contributed by atoms with van der Waals surface area (Å²) in [6.45, 7) is 0.651. The van der Waals surface area contributed by atoms with Gasteiger partial charge in [-0.25, -0.2) is 4.79 Å². The fourth-order valence-corrected chi connectivity index (χ4v) is 3.26. The van der Waals surface area contributed by atoms with Gasteiger partial charge in [0.15, 0.2) is 0 Å². The number of halogens is 2. The zero-order valence-electron chi connectivity index (χ0n) is 15.7. The number of likely N-dealkylation sites (tertiary alicyclic amines) is 1. The topological polar surface area (TPSA) is 53.6 Å². The van der Waals surface area contributed by atoms with Crippen LogP contribution in [0.1, 0.15) is 30.4 Å². The minimum Gasteiger partial charge on any atom is -0.433 e. The van der Waals surface area contributed by atoms with Crippen LogP contribution in [0, 0.1) is 0 Å². The molecule has 0 unspecified atom stereocenters. The van der Waals surface area contributed by atoms with E-state index >= 15 is 0 Å². The van der Waals surface area contributed by atoms with Gasteiger partial charge in [-0.2, -0.15) is 8.78 Å². The zero-order valence-corrected chi connectivity index (χ0v) is 15.7. The standard InChI is InChI=1S/C21H25F2N3O2/c22-20(23)28-19-7-3-2-6-18(19)25-21(27)24-14-16-8-10-17(11-9-16)15-26-12-4-1-5-13-26/h2-3,6-11,20H,1,4-5,12-15H2,(H2,24,25,27). The van der Waals surface area contributed by atoms with Crippen LogP contribution in [-0.2, 0) is 13.1 Å². The number of urea groups is 1.